The summed E-state index contributed by atoms with van der Waals surface area (Å²) < 4.78 is 0. The molecule has 70 valence electrons. The highest BCUT2D eigenvalue weighted by Crippen LogP contribution is 2.36. The predicted octanol–water partition coefficient (Wildman–Crippen LogP) is 2.19. The lowest BCUT2D eigenvalue weighted by atomic mass is 10.1. The molecule has 0 bridgehead atoms. The van der Waals surface area contributed by atoms with E-state index in [0.717, 1.165) is 29.1 Å². The number of carbonyl (C=O) groups excluding carboxylic acids is 1. The highest BCUT2D eigenvalue weighted by Gasteiger charge is 2.32. The fourth-order valence-corrected chi connectivity index (χ4v) is 2.74. The first-order valence-corrected chi connectivity index (χ1v) is 5.66. The summed E-state index contributed by atoms with van der Waals surface area (Å²) in [6, 6.07) is 7.82. The minimum atomic E-state index is 0.159. The summed E-state index contributed by atoms with van der Waals surface area (Å²) in [5.41, 5.74) is 3.02. The first-order valence-electron chi connectivity index (χ1n) is 4.61. The molecule has 0 fully saturated rings. The lowest BCUT2D eigenvalue weighted by Gasteiger charge is -2.21. The molecule has 0 atom stereocenters. The van der Waals surface area contributed by atoms with Crippen molar-refractivity contribution in [3.8, 4) is 0 Å². The third-order valence-electron chi connectivity index (χ3n) is 2.60. The molecular weight excluding hydrogens is 194 g/mol. The quantitative estimate of drug-likeness (QED) is 0.644. The van der Waals surface area contributed by atoms with Crippen LogP contribution >= 0.6 is 11.8 Å². The summed E-state index contributed by atoms with van der Waals surface area (Å²) in [7, 11) is 0. The average Bonchev–Trinajstić information content (AvgIpc) is 2.55. The van der Waals surface area contributed by atoms with E-state index in [4.69, 9.17) is 0 Å². The highest BCUT2D eigenvalue weighted by atomic mass is 32.2. The van der Waals surface area contributed by atoms with Crippen LogP contribution in [0.4, 0.5) is 0 Å². The number of carbonyl (C=O) groups is 1. The number of fused-ring (bicyclic) bond motifs is 3. The lowest BCUT2D eigenvalue weighted by molar-refractivity contribution is 0.0856. The lowest BCUT2D eigenvalue weighted by Crippen LogP contribution is -2.27. The van der Waals surface area contributed by atoms with E-state index in [1.54, 1.807) is 11.8 Å². The molecule has 2 heterocycles. The topological polar surface area (TPSA) is 20.3 Å². The van der Waals surface area contributed by atoms with E-state index in [2.05, 4.69) is 5.41 Å². The van der Waals surface area contributed by atoms with Crippen LogP contribution in [0, 0.1) is 0 Å². The van der Waals surface area contributed by atoms with E-state index in [9.17, 15) is 4.79 Å². The summed E-state index contributed by atoms with van der Waals surface area (Å²) >= 11 is 1.78. The molecule has 0 radical (unpaired) electrons. The van der Waals surface area contributed by atoms with E-state index in [0.29, 0.717) is 0 Å². The maximum atomic E-state index is 11.9. The van der Waals surface area contributed by atoms with E-state index < -0.39 is 0 Å². The van der Waals surface area contributed by atoms with Gasteiger partial charge in [0.15, 0.2) is 0 Å². The molecule has 1 amide bonds. The molecule has 0 saturated heterocycles. The molecular formula is C11H9NOS. The largest absolute Gasteiger partial charge is 0.306 e. The molecule has 3 heteroatoms. The van der Waals surface area contributed by atoms with Crippen LogP contribution in [0.15, 0.2) is 29.7 Å². The van der Waals surface area contributed by atoms with Crippen molar-refractivity contribution in [3.63, 3.8) is 0 Å². The molecule has 0 N–H and O–H groups in total. The van der Waals surface area contributed by atoms with Crippen LogP contribution in [-0.4, -0.2) is 23.1 Å². The SMILES string of the molecule is O=C1c2ccccc2C2=CSCCN12. The Morgan fingerprint density at radius 2 is 2.00 bits per heavy atom. The Morgan fingerprint density at radius 3 is 2.86 bits per heavy atom. The van der Waals surface area contributed by atoms with E-state index in [1.165, 1.54) is 0 Å². The van der Waals surface area contributed by atoms with E-state index >= 15 is 0 Å². The van der Waals surface area contributed by atoms with Crippen molar-refractivity contribution in [2.24, 2.45) is 0 Å². The molecule has 1 aromatic carbocycles. The molecule has 0 aliphatic carbocycles. The molecule has 0 unspecified atom stereocenters. The number of amides is 1. The zero-order valence-electron chi connectivity index (χ0n) is 7.56. The fraction of sp³-hybridized carbons (Fsp3) is 0.182. The smallest absolute Gasteiger partial charge is 0.259 e. The van der Waals surface area contributed by atoms with Gasteiger partial charge in [0.2, 0.25) is 0 Å². The van der Waals surface area contributed by atoms with Crippen molar-refractivity contribution >= 4 is 23.4 Å². The Balaban J connectivity index is 2.23. The van der Waals surface area contributed by atoms with Gasteiger partial charge in [0.05, 0.1) is 5.70 Å². The molecule has 1 aromatic rings. The van der Waals surface area contributed by atoms with Crippen LogP contribution in [0.3, 0.4) is 0 Å². The summed E-state index contributed by atoms with van der Waals surface area (Å²) in [4.78, 5) is 13.8. The number of hydrogen-bond acceptors (Lipinski definition) is 2. The van der Waals surface area contributed by atoms with Crippen molar-refractivity contribution in [2.75, 3.05) is 12.3 Å². The Bertz CT molecular complexity index is 439. The molecule has 14 heavy (non-hydrogen) atoms. The zero-order valence-corrected chi connectivity index (χ0v) is 8.38. The fourth-order valence-electron chi connectivity index (χ4n) is 1.92. The Morgan fingerprint density at radius 1 is 1.21 bits per heavy atom. The van der Waals surface area contributed by atoms with Gasteiger partial charge in [-0.2, -0.15) is 0 Å². The Hall–Kier alpha value is -1.22. The number of thioether (sulfide) groups is 1. The van der Waals surface area contributed by atoms with Gasteiger partial charge in [-0.25, -0.2) is 0 Å². The first kappa shape index (κ1) is 8.12. The molecule has 0 saturated carbocycles. The predicted molar refractivity (Wildman–Crippen MR) is 57.9 cm³/mol. The second-order valence-corrected chi connectivity index (χ2v) is 4.35. The van der Waals surface area contributed by atoms with E-state index in [-0.39, 0.29) is 5.91 Å². The van der Waals surface area contributed by atoms with Crippen LogP contribution in [0.1, 0.15) is 15.9 Å². The van der Waals surface area contributed by atoms with Crippen LogP contribution in [0.5, 0.6) is 0 Å². The Kier molecular flexibility index (Phi) is 1.67. The van der Waals surface area contributed by atoms with Crippen molar-refractivity contribution in [1.82, 2.24) is 4.90 Å². The van der Waals surface area contributed by atoms with Gasteiger partial charge in [0, 0.05) is 23.4 Å². The van der Waals surface area contributed by atoms with Crippen molar-refractivity contribution in [3.05, 3.63) is 40.8 Å². The molecule has 2 aliphatic heterocycles. The van der Waals surface area contributed by atoms with Crippen molar-refractivity contribution < 1.29 is 4.79 Å². The number of benzene rings is 1. The molecule has 0 aromatic heterocycles. The molecule has 0 spiro atoms. The number of rotatable bonds is 0. The maximum Gasteiger partial charge on any atom is 0.259 e. The van der Waals surface area contributed by atoms with Crippen molar-refractivity contribution in [1.29, 1.82) is 0 Å². The van der Waals surface area contributed by atoms with Crippen LogP contribution in [0.2, 0.25) is 0 Å². The highest BCUT2D eigenvalue weighted by molar-refractivity contribution is 8.02. The number of hydrogen-bond donors (Lipinski definition) is 0. The zero-order chi connectivity index (χ0) is 9.54. The molecule has 3 rings (SSSR count). The van der Waals surface area contributed by atoms with E-state index in [1.807, 2.05) is 29.2 Å². The van der Waals surface area contributed by atoms with Crippen LogP contribution in [0.25, 0.3) is 5.70 Å². The Labute approximate surface area is 86.6 Å². The van der Waals surface area contributed by atoms with Gasteiger partial charge in [-0.05, 0) is 11.5 Å². The second kappa shape index (κ2) is 2.89. The summed E-state index contributed by atoms with van der Waals surface area (Å²) in [6.07, 6.45) is 0. The van der Waals surface area contributed by atoms with Crippen molar-refractivity contribution in [2.45, 2.75) is 0 Å². The third kappa shape index (κ3) is 0.960. The molecule has 2 aliphatic rings. The second-order valence-electron chi connectivity index (χ2n) is 3.38. The third-order valence-corrected chi connectivity index (χ3v) is 3.41. The van der Waals surface area contributed by atoms with Gasteiger partial charge in [0.25, 0.3) is 5.91 Å². The normalized spacial score (nSPS) is 19.0. The van der Waals surface area contributed by atoms with Gasteiger partial charge in [-0.15, -0.1) is 11.8 Å². The van der Waals surface area contributed by atoms with Gasteiger partial charge in [-0.1, -0.05) is 18.2 Å². The molecule has 2 nitrogen and oxygen atoms in total. The minimum Gasteiger partial charge on any atom is -0.306 e. The van der Waals surface area contributed by atoms with Gasteiger partial charge in [-0.3, -0.25) is 4.79 Å². The van der Waals surface area contributed by atoms with Gasteiger partial charge < -0.3 is 4.90 Å². The number of nitrogens with zero attached hydrogens (tertiary/aromatic N) is 1. The van der Waals surface area contributed by atoms with Gasteiger partial charge in [0.1, 0.15) is 0 Å². The minimum absolute atomic E-state index is 0.159. The first-order chi connectivity index (χ1) is 6.88. The standard InChI is InChI=1S/C11H9NOS/c13-11-9-4-2-1-3-8(9)10-7-14-6-5-12(10)11/h1-4,7H,5-6H2. The van der Waals surface area contributed by atoms with Crippen LogP contribution in [-0.2, 0) is 0 Å². The van der Waals surface area contributed by atoms with Crippen LogP contribution < -0.4 is 0 Å². The van der Waals surface area contributed by atoms with Gasteiger partial charge >= 0.3 is 0 Å². The monoisotopic (exact) mass is 203 g/mol. The summed E-state index contributed by atoms with van der Waals surface area (Å²) in [5, 5.41) is 2.09. The summed E-state index contributed by atoms with van der Waals surface area (Å²) in [6.45, 7) is 0.837. The average molecular weight is 203 g/mol. The summed E-state index contributed by atoms with van der Waals surface area (Å²) in [5.74, 6) is 1.16. The maximum absolute atomic E-state index is 11.9.